The van der Waals surface area contributed by atoms with E-state index in [0.29, 0.717) is 11.3 Å². The number of hydrogen-bond donors (Lipinski definition) is 2. The lowest BCUT2D eigenvalue weighted by molar-refractivity contribution is 0.100. The van der Waals surface area contributed by atoms with Crippen LogP contribution >= 0.6 is 0 Å². The molecule has 2 rings (SSSR count). The van der Waals surface area contributed by atoms with Crippen LogP contribution in [-0.4, -0.2) is 19.0 Å². The van der Waals surface area contributed by atoms with Crippen LogP contribution in [0.4, 0.5) is 11.4 Å². The Labute approximate surface area is 102 Å². The Hall–Kier alpha value is -1.71. The number of hydrogen-bond acceptors (Lipinski definition) is 3. The Morgan fingerprint density at radius 3 is 2.35 bits per heavy atom. The van der Waals surface area contributed by atoms with Crippen LogP contribution < -0.4 is 16.4 Å². The van der Waals surface area contributed by atoms with E-state index in [-0.39, 0.29) is 0 Å². The third-order valence-electron chi connectivity index (χ3n) is 3.27. The molecule has 0 saturated carbocycles. The van der Waals surface area contributed by atoms with E-state index in [9.17, 15) is 4.79 Å². The molecule has 0 aliphatic carbocycles. The summed E-state index contributed by atoms with van der Waals surface area (Å²) >= 11 is 0. The summed E-state index contributed by atoms with van der Waals surface area (Å²) in [5.41, 5.74) is 13.0. The molecule has 4 nitrogen and oxygen atoms in total. The average molecular weight is 233 g/mol. The first-order chi connectivity index (χ1) is 8.18. The van der Waals surface area contributed by atoms with Crippen molar-refractivity contribution in [2.24, 2.45) is 5.73 Å². The standard InChI is InChI=1S/C13H19N3O/c14-12-6-5-10(9-11(12)13(15)17)16-7-3-1-2-4-8-16/h5-6,9H,1-4,7-8,14H2,(H2,15,17). The molecule has 1 fully saturated rings. The van der Waals surface area contributed by atoms with Crippen molar-refractivity contribution in [1.29, 1.82) is 0 Å². The molecular formula is C13H19N3O. The van der Waals surface area contributed by atoms with Gasteiger partial charge in [-0.15, -0.1) is 0 Å². The van der Waals surface area contributed by atoms with Gasteiger partial charge in [0.15, 0.2) is 0 Å². The second-order valence-corrected chi connectivity index (χ2v) is 4.54. The fourth-order valence-electron chi connectivity index (χ4n) is 2.28. The maximum absolute atomic E-state index is 11.2. The van der Waals surface area contributed by atoms with E-state index in [2.05, 4.69) is 4.90 Å². The molecule has 1 aromatic rings. The van der Waals surface area contributed by atoms with Crippen LogP contribution in [-0.2, 0) is 0 Å². The SMILES string of the molecule is NC(=O)c1cc(N2CCCCCC2)ccc1N. The monoisotopic (exact) mass is 233 g/mol. The van der Waals surface area contributed by atoms with Gasteiger partial charge in [-0.3, -0.25) is 4.79 Å². The molecule has 0 aromatic heterocycles. The van der Waals surface area contributed by atoms with Gasteiger partial charge < -0.3 is 16.4 Å². The molecule has 92 valence electrons. The average Bonchev–Trinajstić information content (AvgIpc) is 2.58. The summed E-state index contributed by atoms with van der Waals surface area (Å²) in [6.45, 7) is 2.09. The Balaban J connectivity index is 2.25. The van der Waals surface area contributed by atoms with Gasteiger partial charge in [-0.1, -0.05) is 12.8 Å². The van der Waals surface area contributed by atoms with E-state index in [1.54, 1.807) is 6.07 Å². The molecule has 1 aromatic carbocycles. The normalized spacial score (nSPS) is 16.6. The van der Waals surface area contributed by atoms with Crippen molar-refractivity contribution in [3.63, 3.8) is 0 Å². The van der Waals surface area contributed by atoms with E-state index in [1.165, 1.54) is 25.7 Å². The van der Waals surface area contributed by atoms with Crippen molar-refractivity contribution >= 4 is 17.3 Å². The molecule has 0 unspecified atom stereocenters. The highest BCUT2D eigenvalue weighted by atomic mass is 16.1. The fourth-order valence-corrected chi connectivity index (χ4v) is 2.28. The first-order valence-electron chi connectivity index (χ1n) is 6.13. The largest absolute Gasteiger partial charge is 0.398 e. The molecule has 4 N–H and O–H groups in total. The molecule has 1 aliphatic rings. The predicted molar refractivity (Wildman–Crippen MR) is 70.1 cm³/mol. The van der Waals surface area contributed by atoms with Gasteiger partial charge in [-0.25, -0.2) is 0 Å². The number of amides is 1. The molecule has 1 heterocycles. The second-order valence-electron chi connectivity index (χ2n) is 4.54. The van der Waals surface area contributed by atoms with Crippen LogP contribution in [0.15, 0.2) is 18.2 Å². The van der Waals surface area contributed by atoms with Crippen molar-refractivity contribution in [2.75, 3.05) is 23.7 Å². The van der Waals surface area contributed by atoms with Gasteiger partial charge in [0, 0.05) is 24.5 Å². The van der Waals surface area contributed by atoms with Crippen molar-refractivity contribution in [1.82, 2.24) is 0 Å². The first-order valence-corrected chi connectivity index (χ1v) is 6.13. The van der Waals surface area contributed by atoms with Crippen molar-refractivity contribution in [2.45, 2.75) is 25.7 Å². The van der Waals surface area contributed by atoms with Crippen molar-refractivity contribution < 1.29 is 4.79 Å². The third kappa shape index (κ3) is 2.70. The Kier molecular flexibility index (Phi) is 3.52. The number of nitrogens with zero attached hydrogens (tertiary/aromatic N) is 1. The van der Waals surface area contributed by atoms with Gasteiger partial charge in [-0.2, -0.15) is 0 Å². The number of carbonyl (C=O) groups excluding carboxylic acids is 1. The summed E-state index contributed by atoms with van der Waals surface area (Å²) in [5.74, 6) is -0.459. The molecular weight excluding hydrogens is 214 g/mol. The van der Waals surface area contributed by atoms with Gasteiger partial charge >= 0.3 is 0 Å². The number of nitrogen functional groups attached to an aromatic ring is 1. The van der Waals surface area contributed by atoms with Crippen LogP contribution in [0.5, 0.6) is 0 Å². The topological polar surface area (TPSA) is 72.4 Å². The number of benzene rings is 1. The predicted octanol–water partition coefficient (Wildman–Crippen LogP) is 1.75. The fraction of sp³-hybridized carbons (Fsp3) is 0.462. The highest BCUT2D eigenvalue weighted by molar-refractivity contribution is 5.99. The zero-order valence-electron chi connectivity index (χ0n) is 9.98. The number of anilines is 2. The lowest BCUT2D eigenvalue weighted by Crippen LogP contribution is -2.24. The molecule has 4 heteroatoms. The van der Waals surface area contributed by atoms with E-state index in [1.807, 2.05) is 12.1 Å². The van der Waals surface area contributed by atoms with Crippen LogP contribution in [0.25, 0.3) is 0 Å². The molecule has 1 amide bonds. The zero-order chi connectivity index (χ0) is 12.3. The van der Waals surface area contributed by atoms with Crippen molar-refractivity contribution in [3.05, 3.63) is 23.8 Å². The van der Waals surface area contributed by atoms with Crippen LogP contribution in [0, 0.1) is 0 Å². The minimum atomic E-state index is -0.459. The summed E-state index contributed by atoms with van der Waals surface area (Å²) in [4.78, 5) is 13.6. The molecule has 0 spiro atoms. The molecule has 17 heavy (non-hydrogen) atoms. The van der Waals surface area contributed by atoms with E-state index >= 15 is 0 Å². The van der Waals surface area contributed by atoms with Gasteiger partial charge in [0.25, 0.3) is 5.91 Å². The summed E-state index contributed by atoms with van der Waals surface area (Å²) in [7, 11) is 0. The third-order valence-corrected chi connectivity index (χ3v) is 3.27. The Morgan fingerprint density at radius 1 is 1.12 bits per heavy atom. The number of carbonyl (C=O) groups is 1. The summed E-state index contributed by atoms with van der Waals surface area (Å²) in [5, 5.41) is 0. The second kappa shape index (κ2) is 5.08. The van der Waals surface area contributed by atoms with Crippen LogP contribution in [0.3, 0.4) is 0 Å². The van der Waals surface area contributed by atoms with E-state index < -0.39 is 5.91 Å². The van der Waals surface area contributed by atoms with Gasteiger partial charge in [0.05, 0.1) is 5.56 Å². The first kappa shape index (κ1) is 11.8. The lowest BCUT2D eigenvalue weighted by atomic mass is 10.1. The Bertz CT molecular complexity index is 409. The summed E-state index contributed by atoms with van der Waals surface area (Å²) in [6, 6.07) is 5.54. The minimum Gasteiger partial charge on any atom is -0.398 e. The maximum atomic E-state index is 11.2. The number of primary amides is 1. The Morgan fingerprint density at radius 2 is 1.76 bits per heavy atom. The van der Waals surface area contributed by atoms with Gasteiger partial charge in [-0.05, 0) is 31.0 Å². The van der Waals surface area contributed by atoms with Crippen LogP contribution in [0.1, 0.15) is 36.0 Å². The quantitative estimate of drug-likeness (QED) is 0.764. The number of nitrogens with two attached hydrogens (primary N) is 2. The zero-order valence-corrected chi connectivity index (χ0v) is 9.98. The summed E-state index contributed by atoms with van der Waals surface area (Å²) < 4.78 is 0. The molecule has 0 bridgehead atoms. The highest BCUT2D eigenvalue weighted by Gasteiger charge is 2.13. The molecule has 1 aliphatic heterocycles. The number of rotatable bonds is 2. The van der Waals surface area contributed by atoms with Crippen LogP contribution in [0.2, 0.25) is 0 Å². The van der Waals surface area contributed by atoms with Gasteiger partial charge in [0.2, 0.25) is 0 Å². The highest BCUT2D eigenvalue weighted by Crippen LogP contribution is 2.23. The maximum Gasteiger partial charge on any atom is 0.250 e. The smallest absolute Gasteiger partial charge is 0.250 e. The van der Waals surface area contributed by atoms with Gasteiger partial charge in [0.1, 0.15) is 0 Å². The summed E-state index contributed by atoms with van der Waals surface area (Å²) in [6.07, 6.45) is 4.98. The molecule has 0 atom stereocenters. The van der Waals surface area contributed by atoms with Crippen molar-refractivity contribution in [3.8, 4) is 0 Å². The molecule has 1 saturated heterocycles. The van der Waals surface area contributed by atoms with E-state index in [0.717, 1.165) is 18.8 Å². The minimum absolute atomic E-state index is 0.423. The lowest BCUT2D eigenvalue weighted by Gasteiger charge is -2.23. The molecule has 0 radical (unpaired) electrons. The van der Waals surface area contributed by atoms with E-state index in [4.69, 9.17) is 11.5 Å².